The first-order valence-electron chi connectivity index (χ1n) is 3.15. The van der Waals surface area contributed by atoms with Crippen LogP contribution in [0.4, 0.5) is 0 Å². The smallest absolute Gasteiger partial charge is 0.300 e. The fraction of sp³-hybridized carbons (Fsp3) is 0.429. The minimum absolute atomic E-state index is 0.127. The summed E-state index contributed by atoms with van der Waals surface area (Å²) in [5.74, 6) is 0.795. The molecule has 0 aliphatic carbocycles. The van der Waals surface area contributed by atoms with Crippen LogP contribution in [-0.4, -0.2) is 4.98 Å². The first-order chi connectivity index (χ1) is 4.83. The van der Waals surface area contributed by atoms with Gasteiger partial charge in [0.25, 0.3) is 0 Å². The first-order valence-corrected chi connectivity index (χ1v) is 3.15. The number of hydrogen-bond donors (Lipinski definition) is 0. The Bertz CT molecular complexity index is 222. The van der Waals surface area contributed by atoms with Crippen molar-refractivity contribution in [1.82, 2.24) is 4.98 Å². The van der Waals surface area contributed by atoms with Gasteiger partial charge in [0.15, 0.2) is 6.07 Å². The van der Waals surface area contributed by atoms with Crippen LogP contribution in [0.2, 0.25) is 0 Å². The van der Waals surface area contributed by atoms with Crippen LogP contribution in [0.15, 0.2) is 10.6 Å². The predicted octanol–water partition coefficient (Wildman–Crippen LogP) is 1.88. The summed E-state index contributed by atoms with van der Waals surface area (Å²) in [4.78, 5) is 3.61. The molecule has 0 amide bonds. The van der Waals surface area contributed by atoms with Gasteiger partial charge >= 0.3 is 5.89 Å². The molecule has 0 aliphatic heterocycles. The van der Waals surface area contributed by atoms with Gasteiger partial charge in [0, 0.05) is 0 Å². The van der Waals surface area contributed by atoms with Crippen molar-refractivity contribution < 1.29 is 4.42 Å². The Kier molecular flexibility index (Phi) is 3.97. The average molecular weight is 138 g/mol. The van der Waals surface area contributed by atoms with Crippen molar-refractivity contribution in [2.75, 3.05) is 0 Å². The number of oxazole rings is 1. The number of nitrogens with zero attached hydrogens (tertiary/aromatic N) is 2. The lowest BCUT2D eigenvalue weighted by Gasteiger charge is -1.71. The molecule has 0 spiro atoms. The fourth-order valence-corrected chi connectivity index (χ4v) is 0.406. The summed E-state index contributed by atoms with van der Waals surface area (Å²) < 4.78 is 4.76. The summed E-state index contributed by atoms with van der Waals surface area (Å²) in [6, 6.07) is 1.77. The summed E-state index contributed by atoms with van der Waals surface area (Å²) in [6.07, 6.45) is 1.51. The Balaban J connectivity index is 0.000000371. The van der Waals surface area contributed by atoms with Crippen LogP contribution < -0.4 is 0 Å². The zero-order valence-electron chi connectivity index (χ0n) is 6.38. The van der Waals surface area contributed by atoms with Crippen LogP contribution in [0.1, 0.15) is 25.5 Å². The van der Waals surface area contributed by atoms with E-state index in [1.165, 1.54) is 6.20 Å². The number of rotatable bonds is 0. The Labute approximate surface area is 60.3 Å². The molecule has 0 N–H and O–H groups in total. The van der Waals surface area contributed by atoms with Crippen molar-refractivity contribution in [3.63, 3.8) is 0 Å². The van der Waals surface area contributed by atoms with E-state index in [0.29, 0.717) is 5.76 Å². The summed E-state index contributed by atoms with van der Waals surface area (Å²) in [5, 5.41) is 8.14. The highest BCUT2D eigenvalue weighted by Crippen LogP contribution is 1.97. The SMILES string of the molecule is CC.Cc1cnc(C#N)o1. The second-order valence-corrected chi connectivity index (χ2v) is 1.39. The minimum Gasteiger partial charge on any atom is -0.434 e. The van der Waals surface area contributed by atoms with Gasteiger partial charge in [-0.2, -0.15) is 5.26 Å². The van der Waals surface area contributed by atoms with Gasteiger partial charge < -0.3 is 4.42 Å². The third kappa shape index (κ3) is 2.31. The molecule has 0 saturated carbocycles. The molecule has 0 saturated heterocycles. The van der Waals surface area contributed by atoms with E-state index in [-0.39, 0.29) is 5.89 Å². The molecule has 1 aromatic rings. The number of aromatic nitrogens is 1. The Hall–Kier alpha value is -1.30. The molecule has 3 heteroatoms. The van der Waals surface area contributed by atoms with Crippen molar-refractivity contribution in [3.05, 3.63) is 17.8 Å². The lowest BCUT2D eigenvalue weighted by atomic mass is 10.6. The molecule has 0 atom stereocenters. The van der Waals surface area contributed by atoms with Crippen LogP contribution in [0.3, 0.4) is 0 Å². The summed E-state index contributed by atoms with van der Waals surface area (Å²) in [6.45, 7) is 5.74. The van der Waals surface area contributed by atoms with Crippen molar-refractivity contribution >= 4 is 0 Å². The zero-order chi connectivity index (χ0) is 7.98. The molecule has 0 bridgehead atoms. The molecule has 0 fully saturated rings. The average Bonchev–Trinajstić information content (AvgIpc) is 2.40. The molecule has 0 radical (unpaired) electrons. The summed E-state index contributed by atoms with van der Waals surface area (Å²) >= 11 is 0. The number of nitriles is 1. The van der Waals surface area contributed by atoms with Gasteiger partial charge in [0.05, 0.1) is 6.20 Å². The Morgan fingerprint density at radius 2 is 2.20 bits per heavy atom. The van der Waals surface area contributed by atoms with Gasteiger partial charge in [0.1, 0.15) is 5.76 Å². The third-order valence-electron chi connectivity index (χ3n) is 0.717. The normalized spacial score (nSPS) is 7.40. The molecule has 1 heterocycles. The molecule has 1 aromatic heterocycles. The number of aryl methyl sites for hydroxylation is 1. The van der Waals surface area contributed by atoms with Crippen LogP contribution >= 0.6 is 0 Å². The topological polar surface area (TPSA) is 49.8 Å². The highest BCUT2D eigenvalue weighted by molar-refractivity contribution is 5.06. The van der Waals surface area contributed by atoms with Gasteiger partial charge in [-0.3, -0.25) is 0 Å². The van der Waals surface area contributed by atoms with E-state index < -0.39 is 0 Å². The molecule has 3 nitrogen and oxygen atoms in total. The molecule has 0 aromatic carbocycles. The highest BCUT2D eigenvalue weighted by atomic mass is 16.3. The second-order valence-electron chi connectivity index (χ2n) is 1.39. The molecule has 0 aliphatic rings. The van der Waals surface area contributed by atoms with Crippen LogP contribution in [0.25, 0.3) is 0 Å². The van der Waals surface area contributed by atoms with E-state index in [2.05, 4.69) is 4.98 Å². The van der Waals surface area contributed by atoms with E-state index >= 15 is 0 Å². The van der Waals surface area contributed by atoms with Gasteiger partial charge in [-0.05, 0) is 6.92 Å². The first kappa shape index (κ1) is 8.70. The van der Waals surface area contributed by atoms with Gasteiger partial charge in [-0.1, -0.05) is 13.8 Å². The van der Waals surface area contributed by atoms with Crippen molar-refractivity contribution in [2.45, 2.75) is 20.8 Å². The predicted molar refractivity (Wildman–Crippen MR) is 37.3 cm³/mol. The standard InChI is InChI=1S/C5H4N2O.C2H6/c1-4-3-7-5(2-6)8-4;1-2/h3H,1H3;1-2H3. The highest BCUT2D eigenvalue weighted by Gasteiger charge is 1.93. The summed E-state index contributed by atoms with van der Waals surface area (Å²) in [7, 11) is 0. The lowest BCUT2D eigenvalue weighted by molar-refractivity contribution is 0.512. The monoisotopic (exact) mass is 138 g/mol. The molecule has 54 valence electrons. The Morgan fingerprint density at radius 1 is 1.60 bits per heavy atom. The van der Waals surface area contributed by atoms with Crippen molar-refractivity contribution in [3.8, 4) is 6.07 Å². The fourth-order valence-electron chi connectivity index (χ4n) is 0.406. The van der Waals surface area contributed by atoms with Gasteiger partial charge in [-0.25, -0.2) is 4.98 Å². The quantitative estimate of drug-likeness (QED) is 0.550. The largest absolute Gasteiger partial charge is 0.434 e. The molecular formula is C7H10N2O. The zero-order valence-corrected chi connectivity index (χ0v) is 6.38. The Morgan fingerprint density at radius 3 is 2.40 bits per heavy atom. The maximum absolute atomic E-state index is 8.14. The second kappa shape index (κ2) is 4.57. The minimum atomic E-state index is 0.127. The summed E-state index contributed by atoms with van der Waals surface area (Å²) in [5.41, 5.74) is 0. The van der Waals surface area contributed by atoms with Gasteiger partial charge in [-0.15, -0.1) is 0 Å². The number of hydrogen-bond acceptors (Lipinski definition) is 3. The lowest BCUT2D eigenvalue weighted by Crippen LogP contribution is -1.64. The maximum Gasteiger partial charge on any atom is 0.300 e. The van der Waals surface area contributed by atoms with Crippen LogP contribution in [0.5, 0.6) is 0 Å². The van der Waals surface area contributed by atoms with Gasteiger partial charge in [0.2, 0.25) is 0 Å². The van der Waals surface area contributed by atoms with Crippen LogP contribution in [0, 0.1) is 18.3 Å². The van der Waals surface area contributed by atoms with E-state index in [4.69, 9.17) is 9.68 Å². The van der Waals surface area contributed by atoms with E-state index in [0.717, 1.165) is 0 Å². The molecular weight excluding hydrogens is 128 g/mol. The maximum atomic E-state index is 8.14. The molecule has 1 rings (SSSR count). The third-order valence-corrected chi connectivity index (χ3v) is 0.717. The van der Waals surface area contributed by atoms with Crippen LogP contribution in [-0.2, 0) is 0 Å². The molecule has 0 unspecified atom stereocenters. The van der Waals surface area contributed by atoms with E-state index in [9.17, 15) is 0 Å². The van der Waals surface area contributed by atoms with E-state index in [1.807, 2.05) is 13.8 Å². The van der Waals surface area contributed by atoms with Crippen molar-refractivity contribution in [2.24, 2.45) is 0 Å². The van der Waals surface area contributed by atoms with Crippen molar-refractivity contribution in [1.29, 1.82) is 5.26 Å². The van der Waals surface area contributed by atoms with E-state index in [1.54, 1.807) is 13.0 Å². The molecule has 10 heavy (non-hydrogen) atoms.